The van der Waals surface area contributed by atoms with Gasteiger partial charge in [0.2, 0.25) is 5.78 Å². The number of likely N-dealkylation sites (tertiary alicyclic amines) is 1. The van der Waals surface area contributed by atoms with Crippen LogP contribution in [0.5, 0.6) is 0 Å². The highest BCUT2D eigenvalue weighted by Gasteiger charge is 2.46. The molecule has 0 bridgehead atoms. The number of hydrogen-bond donors (Lipinski definition) is 1. The van der Waals surface area contributed by atoms with Gasteiger partial charge in [0, 0.05) is 11.4 Å². The second-order valence-corrected chi connectivity index (χ2v) is 8.70. The number of nitrogens with zero attached hydrogens (tertiary/aromatic N) is 2. The molecule has 2 aliphatic rings. The molecule has 3 aromatic rings. The van der Waals surface area contributed by atoms with Gasteiger partial charge in [0.05, 0.1) is 30.2 Å². The number of carbonyl (C=O) groups excluding carboxylic acids is 2. The van der Waals surface area contributed by atoms with Crippen LogP contribution in [0.15, 0.2) is 74.5 Å². The average molecular weight is 439 g/mol. The highest BCUT2D eigenvalue weighted by Crippen LogP contribution is 2.42. The molecule has 0 saturated carbocycles. The summed E-state index contributed by atoms with van der Waals surface area (Å²) in [6.45, 7) is 2.12. The zero-order valence-corrected chi connectivity index (χ0v) is 17.6. The highest BCUT2D eigenvalue weighted by molar-refractivity contribution is 7.10. The number of rotatable bonds is 7. The molecule has 8 heteroatoms. The first-order chi connectivity index (χ1) is 15.1. The summed E-state index contributed by atoms with van der Waals surface area (Å²) in [4.78, 5) is 31.1. The zero-order chi connectivity index (χ0) is 21.4. The fourth-order valence-electron chi connectivity index (χ4n) is 4.46. The summed E-state index contributed by atoms with van der Waals surface area (Å²) in [6, 6.07) is 9.81. The van der Waals surface area contributed by atoms with E-state index in [1.165, 1.54) is 23.7 Å². The van der Waals surface area contributed by atoms with E-state index in [-0.39, 0.29) is 17.4 Å². The first kappa shape index (κ1) is 19.8. The zero-order valence-electron chi connectivity index (χ0n) is 16.8. The minimum absolute atomic E-state index is 0.0574. The first-order valence-corrected chi connectivity index (χ1v) is 11.2. The van der Waals surface area contributed by atoms with Crippen molar-refractivity contribution in [1.82, 2.24) is 9.80 Å². The molecular formula is C23H22N2O5S. The number of ketones is 1. The maximum absolute atomic E-state index is 13.2. The van der Waals surface area contributed by atoms with E-state index < -0.39 is 23.5 Å². The Labute approximate surface area is 183 Å². The predicted octanol–water partition coefficient (Wildman–Crippen LogP) is 4.35. The van der Waals surface area contributed by atoms with E-state index in [1.54, 1.807) is 17.2 Å². The van der Waals surface area contributed by atoms with Gasteiger partial charge >= 0.3 is 0 Å². The minimum atomic E-state index is -0.676. The van der Waals surface area contributed by atoms with Gasteiger partial charge in [0.1, 0.15) is 5.76 Å². The Bertz CT molecular complexity index is 1080. The van der Waals surface area contributed by atoms with Crippen molar-refractivity contribution in [1.29, 1.82) is 0 Å². The molecule has 1 amide bonds. The summed E-state index contributed by atoms with van der Waals surface area (Å²) >= 11 is 1.44. The molecule has 0 spiro atoms. The summed E-state index contributed by atoms with van der Waals surface area (Å²) < 4.78 is 11.0. The van der Waals surface area contributed by atoms with Crippen molar-refractivity contribution in [3.8, 4) is 0 Å². The van der Waals surface area contributed by atoms with E-state index >= 15 is 0 Å². The smallest absolute Gasteiger partial charge is 0.290 e. The van der Waals surface area contributed by atoms with E-state index in [0.717, 1.165) is 36.6 Å². The predicted molar refractivity (Wildman–Crippen MR) is 114 cm³/mol. The third-order valence-electron chi connectivity index (χ3n) is 5.93. The largest absolute Gasteiger partial charge is 0.503 e. The van der Waals surface area contributed by atoms with Crippen molar-refractivity contribution in [2.45, 2.75) is 24.9 Å². The van der Waals surface area contributed by atoms with Gasteiger partial charge in [-0.05, 0) is 61.6 Å². The van der Waals surface area contributed by atoms with Gasteiger partial charge in [-0.15, -0.1) is 11.3 Å². The van der Waals surface area contributed by atoms with E-state index in [4.69, 9.17) is 8.83 Å². The number of thiophene rings is 1. The first-order valence-electron chi connectivity index (χ1n) is 10.3. The Morgan fingerprint density at radius 3 is 2.55 bits per heavy atom. The third kappa shape index (κ3) is 3.51. The molecule has 7 nitrogen and oxygen atoms in total. The summed E-state index contributed by atoms with van der Waals surface area (Å²) in [5.41, 5.74) is 0.0574. The lowest BCUT2D eigenvalue weighted by Gasteiger charge is -2.33. The van der Waals surface area contributed by atoms with Crippen molar-refractivity contribution in [3.05, 3.63) is 82.0 Å². The van der Waals surface area contributed by atoms with E-state index in [1.807, 2.05) is 29.6 Å². The van der Waals surface area contributed by atoms with Gasteiger partial charge in [0.15, 0.2) is 11.5 Å². The summed E-state index contributed by atoms with van der Waals surface area (Å²) in [5.74, 6) is -0.680. The van der Waals surface area contributed by atoms with Crippen LogP contribution >= 0.6 is 11.3 Å². The quantitative estimate of drug-likeness (QED) is 0.552. The monoisotopic (exact) mass is 438 g/mol. The van der Waals surface area contributed by atoms with Crippen molar-refractivity contribution in [3.63, 3.8) is 0 Å². The minimum Gasteiger partial charge on any atom is -0.503 e. The second kappa shape index (κ2) is 8.20. The van der Waals surface area contributed by atoms with Gasteiger partial charge < -0.3 is 18.8 Å². The maximum atomic E-state index is 13.2. The Balaban J connectivity index is 1.53. The van der Waals surface area contributed by atoms with Crippen molar-refractivity contribution in [2.75, 3.05) is 19.6 Å². The number of carbonyl (C=O) groups is 2. The van der Waals surface area contributed by atoms with Crippen LogP contribution in [0.2, 0.25) is 0 Å². The number of furan rings is 2. The summed E-state index contributed by atoms with van der Waals surface area (Å²) in [5, 5.41) is 12.7. The van der Waals surface area contributed by atoms with E-state index in [0.29, 0.717) is 6.54 Å². The molecule has 3 aromatic heterocycles. The standard InChI is InChI=1S/C23H22N2O5S/c26-21(17-7-4-12-30-17)19-20(18-8-5-13-31-18)25(23(28)22(19)27)14-15(16-6-3-11-29-16)24-9-1-2-10-24/h3-8,11-13,15,20,27H,1-2,9-10,14H2. The van der Waals surface area contributed by atoms with Crippen LogP contribution in [-0.2, 0) is 4.79 Å². The Morgan fingerprint density at radius 1 is 1.13 bits per heavy atom. The highest BCUT2D eigenvalue weighted by atomic mass is 32.1. The van der Waals surface area contributed by atoms with Crippen LogP contribution < -0.4 is 0 Å². The van der Waals surface area contributed by atoms with Crippen LogP contribution in [0.4, 0.5) is 0 Å². The Hall–Kier alpha value is -3.10. The fraction of sp³-hybridized carbons (Fsp3) is 0.304. The van der Waals surface area contributed by atoms with Gasteiger partial charge in [-0.1, -0.05) is 6.07 Å². The van der Waals surface area contributed by atoms with Crippen molar-refractivity contribution in [2.24, 2.45) is 0 Å². The van der Waals surface area contributed by atoms with E-state index in [2.05, 4.69) is 4.90 Å². The number of Topliss-reactive ketones (excluding diaryl/α,β-unsaturated/α-hetero) is 1. The van der Waals surface area contributed by atoms with Crippen LogP contribution in [0.3, 0.4) is 0 Å². The lowest BCUT2D eigenvalue weighted by Crippen LogP contribution is -2.40. The molecule has 1 fully saturated rings. The molecule has 160 valence electrons. The molecule has 1 saturated heterocycles. The molecule has 0 aromatic carbocycles. The normalized spacial score (nSPS) is 20.7. The number of aliphatic hydroxyl groups excluding tert-OH is 1. The van der Waals surface area contributed by atoms with Crippen LogP contribution in [0, 0.1) is 0 Å². The molecule has 31 heavy (non-hydrogen) atoms. The molecule has 1 N–H and O–H groups in total. The summed E-state index contributed by atoms with van der Waals surface area (Å²) in [7, 11) is 0. The van der Waals surface area contributed by atoms with Gasteiger partial charge in [-0.3, -0.25) is 14.5 Å². The molecule has 5 heterocycles. The maximum Gasteiger partial charge on any atom is 0.290 e. The average Bonchev–Trinajstić information content (AvgIpc) is 3.61. The summed E-state index contributed by atoms with van der Waals surface area (Å²) in [6.07, 6.45) is 5.21. The fourth-order valence-corrected chi connectivity index (χ4v) is 5.31. The van der Waals surface area contributed by atoms with Gasteiger partial charge in [-0.25, -0.2) is 0 Å². The molecular weight excluding hydrogens is 416 g/mol. The van der Waals surface area contributed by atoms with Crippen molar-refractivity contribution < 1.29 is 23.5 Å². The number of hydrogen-bond acceptors (Lipinski definition) is 7. The Kier molecular flexibility index (Phi) is 5.25. The van der Waals surface area contributed by atoms with Crippen LogP contribution in [0.1, 0.15) is 46.1 Å². The SMILES string of the molecule is O=C(C1=C(O)C(=O)N(CC(c2ccco2)N2CCCC2)C1c1cccs1)c1ccco1. The van der Waals surface area contributed by atoms with Crippen LogP contribution in [0.25, 0.3) is 0 Å². The molecule has 5 rings (SSSR count). The van der Waals surface area contributed by atoms with Crippen LogP contribution in [-0.4, -0.2) is 46.2 Å². The topological polar surface area (TPSA) is 87.1 Å². The second-order valence-electron chi connectivity index (χ2n) is 7.72. The van der Waals surface area contributed by atoms with Gasteiger partial charge in [-0.2, -0.15) is 0 Å². The Morgan fingerprint density at radius 2 is 1.90 bits per heavy atom. The molecule has 2 aliphatic heterocycles. The van der Waals surface area contributed by atoms with Crippen molar-refractivity contribution >= 4 is 23.0 Å². The van der Waals surface area contributed by atoms with Gasteiger partial charge in [0.25, 0.3) is 5.91 Å². The lowest BCUT2D eigenvalue weighted by molar-refractivity contribution is -0.130. The number of amides is 1. The molecule has 2 atom stereocenters. The molecule has 0 radical (unpaired) electrons. The van der Waals surface area contributed by atoms with E-state index in [9.17, 15) is 14.7 Å². The number of aliphatic hydroxyl groups is 1. The lowest BCUT2D eigenvalue weighted by atomic mass is 10.00. The molecule has 2 unspecified atom stereocenters. The molecule has 0 aliphatic carbocycles. The third-order valence-corrected chi connectivity index (χ3v) is 6.85.